The summed E-state index contributed by atoms with van der Waals surface area (Å²) in [5.74, 6) is -2.03. The first-order chi connectivity index (χ1) is 13.5. The van der Waals surface area contributed by atoms with Crippen molar-refractivity contribution in [3.05, 3.63) is 82.5 Å². The first-order valence-corrected chi connectivity index (χ1v) is 8.91. The van der Waals surface area contributed by atoms with Gasteiger partial charge in [-0.3, -0.25) is 4.79 Å². The molecular weight excluding hydrogens is 379 g/mol. The van der Waals surface area contributed by atoms with Crippen molar-refractivity contribution in [2.24, 2.45) is 0 Å². The van der Waals surface area contributed by atoms with Gasteiger partial charge in [0.05, 0.1) is 5.56 Å². The van der Waals surface area contributed by atoms with Gasteiger partial charge in [-0.1, -0.05) is 18.2 Å². The van der Waals surface area contributed by atoms with Crippen LogP contribution in [-0.4, -0.2) is 17.0 Å². The Bertz CT molecular complexity index is 1110. The maximum absolute atomic E-state index is 13.9. The fourth-order valence-electron chi connectivity index (χ4n) is 2.42. The predicted octanol–water partition coefficient (Wildman–Crippen LogP) is 4.80. The molecule has 0 aliphatic rings. The van der Waals surface area contributed by atoms with E-state index in [2.05, 4.69) is 5.32 Å². The van der Waals surface area contributed by atoms with Crippen molar-refractivity contribution in [3.8, 4) is 16.5 Å². The topological polar surface area (TPSA) is 90.2 Å². The lowest BCUT2D eigenvalue weighted by Crippen LogP contribution is -2.13. The maximum Gasteiger partial charge on any atom is 0.335 e. The monoisotopic (exact) mass is 392 g/mol. The van der Waals surface area contributed by atoms with Crippen LogP contribution >= 0.6 is 11.3 Å². The second-order valence-corrected chi connectivity index (χ2v) is 6.80. The number of amides is 1. The molecule has 2 aromatic carbocycles. The van der Waals surface area contributed by atoms with Crippen molar-refractivity contribution >= 4 is 35.0 Å². The minimum atomic E-state index is -1.07. The van der Waals surface area contributed by atoms with E-state index in [1.807, 2.05) is 6.07 Å². The van der Waals surface area contributed by atoms with E-state index < -0.39 is 11.9 Å². The second kappa shape index (κ2) is 8.29. The van der Waals surface area contributed by atoms with E-state index in [1.165, 1.54) is 47.7 Å². The smallest absolute Gasteiger partial charge is 0.335 e. The van der Waals surface area contributed by atoms with E-state index in [0.29, 0.717) is 21.0 Å². The largest absolute Gasteiger partial charge is 0.478 e. The molecule has 1 aromatic heterocycles. The molecular formula is C21H13FN2O3S. The SMILES string of the molecule is N#C/C(=C\c1ccc(-c2ccccc2F)s1)C(=O)Nc1ccc(C(=O)O)cc1. The minimum absolute atomic E-state index is 0.0910. The van der Waals surface area contributed by atoms with Gasteiger partial charge in [-0.25, -0.2) is 9.18 Å². The molecule has 0 aliphatic heterocycles. The van der Waals surface area contributed by atoms with Gasteiger partial charge in [-0.2, -0.15) is 5.26 Å². The molecule has 5 nitrogen and oxygen atoms in total. The van der Waals surface area contributed by atoms with Gasteiger partial charge >= 0.3 is 5.97 Å². The van der Waals surface area contributed by atoms with E-state index in [-0.39, 0.29) is 17.0 Å². The van der Waals surface area contributed by atoms with E-state index in [9.17, 15) is 19.2 Å². The Hall–Kier alpha value is -3.76. The Kier molecular flexibility index (Phi) is 5.63. The van der Waals surface area contributed by atoms with Crippen LogP contribution < -0.4 is 5.32 Å². The number of nitrogens with one attached hydrogen (secondary N) is 1. The zero-order valence-electron chi connectivity index (χ0n) is 14.3. The highest BCUT2D eigenvalue weighted by atomic mass is 32.1. The summed E-state index contributed by atoms with van der Waals surface area (Å²) in [7, 11) is 0. The first-order valence-electron chi connectivity index (χ1n) is 8.09. The third-order valence-electron chi connectivity index (χ3n) is 3.81. The van der Waals surface area contributed by atoms with Crippen LogP contribution in [0.2, 0.25) is 0 Å². The van der Waals surface area contributed by atoms with Crippen molar-refractivity contribution in [3.63, 3.8) is 0 Å². The van der Waals surface area contributed by atoms with Gasteiger partial charge in [0.25, 0.3) is 5.91 Å². The molecule has 28 heavy (non-hydrogen) atoms. The number of carbonyl (C=O) groups excluding carboxylic acids is 1. The molecule has 2 N–H and O–H groups in total. The number of aromatic carboxylic acids is 1. The predicted molar refractivity (Wildman–Crippen MR) is 105 cm³/mol. The highest BCUT2D eigenvalue weighted by molar-refractivity contribution is 7.16. The molecule has 0 saturated heterocycles. The summed E-state index contributed by atoms with van der Waals surface area (Å²) in [6.07, 6.45) is 1.43. The van der Waals surface area contributed by atoms with Gasteiger partial charge in [0.2, 0.25) is 0 Å². The number of carboxylic acids is 1. The van der Waals surface area contributed by atoms with Crippen molar-refractivity contribution in [2.45, 2.75) is 0 Å². The summed E-state index contributed by atoms with van der Waals surface area (Å²) < 4.78 is 13.9. The average Bonchev–Trinajstić information content (AvgIpc) is 3.15. The number of hydrogen-bond donors (Lipinski definition) is 2. The third-order valence-corrected chi connectivity index (χ3v) is 4.87. The zero-order valence-corrected chi connectivity index (χ0v) is 15.2. The molecule has 0 atom stereocenters. The quantitative estimate of drug-likeness (QED) is 0.482. The lowest BCUT2D eigenvalue weighted by molar-refractivity contribution is -0.112. The van der Waals surface area contributed by atoms with Crippen molar-refractivity contribution in [1.82, 2.24) is 0 Å². The van der Waals surface area contributed by atoms with Crippen molar-refractivity contribution in [2.75, 3.05) is 5.32 Å². The Morgan fingerprint density at radius 3 is 2.43 bits per heavy atom. The summed E-state index contributed by atoms with van der Waals surface area (Å²) in [6, 6.07) is 17.2. The normalized spacial score (nSPS) is 10.9. The van der Waals surface area contributed by atoms with Gasteiger partial charge in [0.1, 0.15) is 17.5 Å². The van der Waals surface area contributed by atoms with Crippen LogP contribution in [0.15, 0.2) is 66.2 Å². The number of halogens is 1. The zero-order chi connectivity index (χ0) is 20.1. The van der Waals surface area contributed by atoms with Crippen molar-refractivity contribution < 1.29 is 19.1 Å². The molecule has 1 amide bonds. The summed E-state index contributed by atoms with van der Waals surface area (Å²) >= 11 is 1.26. The third kappa shape index (κ3) is 4.31. The van der Waals surface area contributed by atoms with Gasteiger partial charge in [0.15, 0.2) is 0 Å². The molecule has 1 heterocycles. The van der Waals surface area contributed by atoms with Crippen LogP contribution in [0.1, 0.15) is 15.2 Å². The van der Waals surface area contributed by atoms with Crippen LogP contribution in [0.4, 0.5) is 10.1 Å². The molecule has 0 fully saturated rings. The summed E-state index contributed by atoms with van der Waals surface area (Å²) in [5.41, 5.74) is 0.792. The molecule has 7 heteroatoms. The molecule has 0 saturated carbocycles. The summed E-state index contributed by atoms with van der Waals surface area (Å²) in [5, 5.41) is 20.7. The fraction of sp³-hybridized carbons (Fsp3) is 0. The molecule has 3 rings (SSSR count). The number of benzene rings is 2. The second-order valence-electron chi connectivity index (χ2n) is 5.69. The highest BCUT2D eigenvalue weighted by Gasteiger charge is 2.12. The number of hydrogen-bond acceptors (Lipinski definition) is 4. The Morgan fingerprint density at radius 1 is 1.07 bits per heavy atom. The number of thiophene rings is 1. The molecule has 0 spiro atoms. The number of carboxylic acid groups (broad SMARTS) is 1. The molecule has 0 radical (unpaired) electrons. The molecule has 0 bridgehead atoms. The van der Waals surface area contributed by atoms with E-state index in [1.54, 1.807) is 30.3 Å². The van der Waals surface area contributed by atoms with Crippen molar-refractivity contribution in [1.29, 1.82) is 5.26 Å². The van der Waals surface area contributed by atoms with Gasteiger partial charge < -0.3 is 10.4 Å². The van der Waals surface area contributed by atoms with E-state index >= 15 is 0 Å². The van der Waals surface area contributed by atoms with Gasteiger partial charge in [0, 0.05) is 21.0 Å². The Balaban J connectivity index is 1.78. The van der Waals surface area contributed by atoms with Gasteiger partial charge in [-0.15, -0.1) is 11.3 Å². The first kappa shape index (κ1) is 19.0. The number of carbonyl (C=O) groups is 2. The highest BCUT2D eigenvalue weighted by Crippen LogP contribution is 2.31. The number of nitriles is 1. The van der Waals surface area contributed by atoms with Crippen LogP contribution in [0.5, 0.6) is 0 Å². The lowest BCUT2D eigenvalue weighted by Gasteiger charge is -2.04. The number of nitrogens with zero attached hydrogens (tertiary/aromatic N) is 1. The standard InChI is InChI=1S/C21H13FN2O3S/c22-18-4-2-1-3-17(18)19-10-9-16(28-19)11-14(12-23)20(25)24-15-7-5-13(6-8-15)21(26)27/h1-11H,(H,24,25)(H,26,27)/b14-11+. The van der Waals surface area contributed by atoms with Crippen LogP contribution in [-0.2, 0) is 4.79 Å². The summed E-state index contributed by atoms with van der Waals surface area (Å²) in [6.45, 7) is 0. The van der Waals surface area contributed by atoms with Crippen LogP contribution in [0.25, 0.3) is 16.5 Å². The number of anilines is 1. The molecule has 138 valence electrons. The van der Waals surface area contributed by atoms with Gasteiger partial charge in [-0.05, 0) is 48.5 Å². The van der Waals surface area contributed by atoms with E-state index in [4.69, 9.17) is 5.11 Å². The Labute approximate surface area is 164 Å². The fourth-order valence-corrected chi connectivity index (χ4v) is 3.40. The Morgan fingerprint density at radius 2 is 1.79 bits per heavy atom. The van der Waals surface area contributed by atoms with Crippen LogP contribution in [0, 0.1) is 17.1 Å². The summed E-state index contributed by atoms with van der Waals surface area (Å²) in [4.78, 5) is 24.5. The van der Waals surface area contributed by atoms with E-state index in [0.717, 1.165) is 0 Å². The average molecular weight is 392 g/mol. The minimum Gasteiger partial charge on any atom is -0.478 e. The lowest BCUT2D eigenvalue weighted by atomic mass is 10.1. The molecule has 3 aromatic rings. The van der Waals surface area contributed by atoms with Crippen LogP contribution in [0.3, 0.4) is 0 Å². The molecule has 0 unspecified atom stereocenters. The number of rotatable bonds is 5. The molecule has 0 aliphatic carbocycles. The maximum atomic E-state index is 13.9.